The lowest BCUT2D eigenvalue weighted by Crippen LogP contribution is -2.46. The summed E-state index contributed by atoms with van der Waals surface area (Å²) in [5.41, 5.74) is 0.818. The lowest BCUT2D eigenvalue weighted by molar-refractivity contribution is -0.121. The number of aromatic nitrogens is 3. The van der Waals surface area contributed by atoms with E-state index in [0.717, 1.165) is 37.4 Å². The summed E-state index contributed by atoms with van der Waals surface area (Å²) >= 11 is 1.42. The third kappa shape index (κ3) is 5.96. The standard InChI is InChI=1S/C25H36FN5OS/c1-17-8-7-9-22(18(17)2)27-24(32)19(3)33-25-29-28-23(16-30-14-5-4-6-15-30)31(25)21-12-10-20(26)11-13-21/h10-13,17-19,22H,4-9,14-16H2,1-3H3,(H,27,32)/t17-,18-,19-,22-/m1/s1. The Morgan fingerprint density at radius 1 is 1.12 bits per heavy atom. The predicted molar refractivity (Wildman–Crippen MR) is 130 cm³/mol. The average molecular weight is 474 g/mol. The van der Waals surface area contributed by atoms with Crippen LogP contribution in [0.1, 0.15) is 65.1 Å². The maximum absolute atomic E-state index is 13.6. The molecule has 1 aliphatic heterocycles. The van der Waals surface area contributed by atoms with Gasteiger partial charge < -0.3 is 5.32 Å². The number of thioether (sulfide) groups is 1. The van der Waals surface area contributed by atoms with Gasteiger partial charge in [-0.3, -0.25) is 14.3 Å². The number of benzene rings is 1. The molecule has 2 aliphatic rings. The molecule has 0 unspecified atom stereocenters. The molecule has 0 spiro atoms. The SMILES string of the molecule is C[C@@H]1[C@H](C)CCC[C@H]1NC(=O)[C@@H](C)Sc1nnc(CN2CCCCC2)n1-c1ccc(F)cc1. The lowest BCUT2D eigenvalue weighted by Gasteiger charge is -2.35. The molecule has 4 rings (SSSR count). The molecule has 1 saturated carbocycles. The lowest BCUT2D eigenvalue weighted by atomic mass is 9.78. The highest BCUT2D eigenvalue weighted by Gasteiger charge is 2.30. The summed E-state index contributed by atoms with van der Waals surface area (Å²) in [6.45, 7) is 9.24. The minimum atomic E-state index is -0.305. The molecule has 0 bridgehead atoms. The molecule has 2 aromatic rings. The van der Waals surface area contributed by atoms with Crippen LogP contribution in [-0.2, 0) is 11.3 Å². The van der Waals surface area contributed by atoms with Crippen molar-refractivity contribution in [2.45, 2.75) is 82.3 Å². The minimum absolute atomic E-state index is 0.0391. The third-order valence-corrected chi connectivity index (χ3v) is 8.33. The first kappa shape index (κ1) is 24.2. The zero-order chi connectivity index (χ0) is 23.4. The molecule has 0 radical (unpaired) electrons. The number of carbonyl (C=O) groups is 1. The van der Waals surface area contributed by atoms with Gasteiger partial charge in [-0.15, -0.1) is 10.2 Å². The summed E-state index contributed by atoms with van der Waals surface area (Å²) in [4.78, 5) is 15.4. The second kappa shape index (κ2) is 11.0. The average Bonchev–Trinajstić information content (AvgIpc) is 3.19. The Hall–Kier alpha value is -1.93. The quantitative estimate of drug-likeness (QED) is 0.585. The van der Waals surface area contributed by atoms with Gasteiger partial charge in [-0.2, -0.15) is 0 Å². The smallest absolute Gasteiger partial charge is 0.233 e. The van der Waals surface area contributed by atoms with Crippen molar-refractivity contribution >= 4 is 17.7 Å². The first-order chi connectivity index (χ1) is 15.9. The van der Waals surface area contributed by atoms with E-state index in [0.29, 0.717) is 23.5 Å². The Balaban J connectivity index is 1.51. The fraction of sp³-hybridized carbons (Fsp3) is 0.640. The maximum Gasteiger partial charge on any atom is 0.233 e. The number of carbonyl (C=O) groups excluding carboxylic acids is 1. The van der Waals surface area contributed by atoms with Crippen molar-refractivity contribution in [1.29, 1.82) is 0 Å². The molecule has 1 amide bonds. The first-order valence-corrected chi connectivity index (χ1v) is 13.2. The van der Waals surface area contributed by atoms with Gasteiger partial charge >= 0.3 is 0 Å². The van der Waals surface area contributed by atoms with Crippen LogP contribution >= 0.6 is 11.8 Å². The first-order valence-electron chi connectivity index (χ1n) is 12.3. The Bertz CT molecular complexity index is 927. The van der Waals surface area contributed by atoms with Crippen molar-refractivity contribution in [1.82, 2.24) is 25.0 Å². The summed E-state index contributed by atoms with van der Waals surface area (Å²) < 4.78 is 15.6. The highest BCUT2D eigenvalue weighted by molar-refractivity contribution is 8.00. The van der Waals surface area contributed by atoms with Crippen LogP contribution < -0.4 is 5.32 Å². The van der Waals surface area contributed by atoms with Gasteiger partial charge in [0.05, 0.1) is 11.8 Å². The molecule has 1 aromatic heterocycles. The molecule has 1 aliphatic carbocycles. The van der Waals surface area contributed by atoms with Gasteiger partial charge in [0, 0.05) is 11.7 Å². The van der Waals surface area contributed by atoms with Gasteiger partial charge in [0.2, 0.25) is 5.91 Å². The zero-order valence-electron chi connectivity index (χ0n) is 20.0. The molecule has 6 nitrogen and oxygen atoms in total. The molecular weight excluding hydrogens is 437 g/mol. The van der Waals surface area contributed by atoms with Gasteiger partial charge in [0.1, 0.15) is 5.82 Å². The van der Waals surface area contributed by atoms with Crippen LogP contribution in [0.25, 0.3) is 5.69 Å². The van der Waals surface area contributed by atoms with E-state index in [4.69, 9.17) is 0 Å². The Kier molecular flexibility index (Phi) is 8.07. The van der Waals surface area contributed by atoms with E-state index in [1.54, 1.807) is 12.1 Å². The van der Waals surface area contributed by atoms with Crippen molar-refractivity contribution in [3.63, 3.8) is 0 Å². The van der Waals surface area contributed by atoms with E-state index in [9.17, 15) is 9.18 Å². The number of hydrogen-bond donors (Lipinski definition) is 1. The van der Waals surface area contributed by atoms with Crippen LogP contribution in [0.5, 0.6) is 0 Å². The Morgan fingerprint density at radius 3 is 2.58 bits per heavy atom. The number of halogens is 1. The zero-order valence-corrected chi connectivity index (χ0v) is 20.8. The molecule has 4 atom stereocenters. The van der Waals surface area contributed by atoms with Crippen LogP contribution in [-0.4, -0.2) is 50.0 Å². The van der Waals surface area contributed by atoms with Crippen LogP contribution in [0.15, 0.2) is 29.4 Å². The number of piperidine rings is 1. The van der Waals surface area contributed by atoms with Gasteiger partial charge in [-0.25, -0.2) is 4.39 Å². The number of nitrogens with zero attached hydrogens (tertiary/aromatic N) is 4. The van der Waals surface area contributed by atoms with Gasteiger partial charge in [-0.05, 0) is 75.4 Å². The number of amides is 1. The Labute approximate surface area is 200 Å². The number of rotatable bonds is 7. The summed E-state index contributed by atoms with van der Waals surface area (Å²) in [7, 11) is 0. The second-order valence-corrected chi connectivity index (χ2v) is 11.0. The van der Waals surface area contributed by atoms with E-state index in [-0.39, 0.29) is 23.0 Å². The number of hydrogen-bond acceptors (Lipinski definition) is 5. The van der Waals surface area contributed by atoms with Crippen LogP contribution in [0.2, 0.25) is 0 Å². The van der Waals surface area contributed by atoms with Crippen LogP contribution in [0.3, 0.4) is 0 Å². The van der Waals surface area contributed by atoms with E-state index in [1.807, 2.05) is 11.5 Å². The van der Waals surface area contributed by atoms with Gasteiger partial charge in [0.25, 0.3) is 0 Å². The molecule has 33 heavy (non-hydrogen) atoms. The van der Waals surface area contributed by atoms with Gasteiger partial charge in [0.15, 0.2) is 11.0 Å². The largest absolute Gasteiger partial charge is 0.352 e. The van der Waals surface area contributed by atoms with Crippen LogP contribution in [0, 0.1) is 17.7 Å². The molecule has 1 aromatic carbocycles. The molecule has 8 heteroatoms. The highest BCUT2D eigenvalue weighted by Crippen LogP contribution is 2.31. The number of likely N-dealkylation sites (tertiary alicyclic amines) is 1. The van der Waals surface area contributed by atoms with Crippen molar-refractivity contribution < 1.29 is 9.18 Å². The normalized spacial score (nSPS) is 25.0. The van der Waals surface area contributed by atoms with Crippen molar-refractivity contribution in [3.8, 4) is 5.69 Å². The molecule has 1 saturated heterocycles. The minimum Gasteiger partial charge on any atom is -0.352 e. The van der Waals surface area contributed by atoms with Gasteiger partial charge in [-0.1, -0.05) is 44.9 Å². The monoisotopic (exact) mass is 473 g/mol. The highest BCUT2D eigenvalue weighted by atomic mass is 32.2. The summed E-state index contributed by atoms with van der Waals surface area (Å²) in [5.74, 6) is 1.71. The van der Waals surface area contributed by atoms with E-state index in [1.165, 1.54) is 49.6 Å². The predicted octanol–water partition coefficient (Wildman–Crippen LogP) is 4.81. The van der Waals surface area contributed by atoms with Crippen molar-refractivity contribution in [2.75, 3.05) is 13.1 Å². The Morgan fingerprint density at radius 2 is 1.85 bits per heavy atom. The molecule has 2 heterocycles. The number of nitrogens with one attached hydrogen (secondary N) is 1. The van der Waals surface area contributed by atoms with Crippen molar-refractivity contribution in [2.24, 2.45) is 11.8 Å². The van der Waals surface area contributed by atoms with E-state index < -0.39 is 0 Å². The summed E-state index contributed by atoms with van der Waals surface area (Å²) in [5, 5.41) is 12.6. The summed E-state index contributed by atoms with van der Waals surface area (Å²) in [6, 6.07) is 6.64. The van der Waals surface area contributed by atoms with E-state index >= 15 is 0 Å². The topological polar surface area (TPSA) is 63.1 Å². The maximum atomic E-state index is 13.6. The third-order valence-electron chi connectivity index (χ3n) is 7.28. The van der Waals surface area contributed by atoms with Crippen molar-refractivity contribution in [3.05, 3.63) is 35.9 Å². The molecular formula is C25H36FN5OS. The fourth-order valence-electron chi connectivity index (χ4n) is 4.94. The molecule has 180 valence electrons. The van der Waals surface area contributed by atoms with E-state index in [2.05, 4.69) is 34.3 Å². The molecule has 1 N–H and O–H groups in total. The molecule has 2 fully saturated rings. The summed E-state index contributed by atoms with van der Waals surface area (Å²) in [6.07, 6.45) is 7.10. The fourth-order valence-corrected chi connectivity index (χ4v) is 5.84. The second-order valence-electron chi connectivity index (χ2n) is 9.69. The van der Waals surface area contributed by atoms with Crippen LogP contribution in [0.4, 0.5) is 4.39 Å².